The van der Waals surface area contributed by atoms with Gasteiger partial charge in [0.05, 0.1) is 5.54 Å². The van der Waals surface area contributed by atoms with E-state index in [1.807, 2.05) is 38.1 Å². The molecule has 0 spiro atoms. The highest BCUT2D eigenvalue weighted by atomic mass is 16.5. The fourth-order valence-electron chi connectivity index (χ4n) is 3.18. The summed E-state index contributed by atoms with van der Waals surface area (Å²) in [7, 11) is 0. The molecule has 1 aliphatic rings. The molecule has 0 radical (unpaired) electrons. The number of hydrogen-bond acceptors (Lipinski definition) is 5. The van der Waals surface area contributed by atoms with E-state index < -0.39 is 5.54 Å². The topological polar surface area (TPSA) is 86.5 Å². The summed E-state index contributed by atoms with van der Waals surface area (Å²) >= 11 is 0. The maximum absolute atomic E-state index is 11.3. The first-order valence-corrected chi connectivity index (χ1v) is 8.83. The third-order valence-electron chi connectivity index (χ3n) is 4.19. The average Bonchev–Trinajstić information content (AvgIpc) is 2.58. The van der Waals surface area contributed by atoms with Crippen molar-refractivity contribution in [2.45, 2.75) is 39.3 Å². The first-order chi connectivity index (χ1) is 12.7. The van der Waals surface area contributed by atoms with Crippen LogP contribution in [0.5, 0.6) is 11.5 Å². The van der Waals surface area contributed by atoms with Crippen LogP contribution in [0.4, 0.5) is 5.82 Å². The number of carbonyl (C=O) groups is 1. The Labute approximate surface area is 159 Å². The van der Waals surface area contributed by atoms with Crippen LogP contribution in [0.25, 0.3) is 11.1 Å². The van der Waals surface area contributed by atoms with Gasteiger partial charge < -0.3 is 20.5 Å². The Bertz CT molecular complexity index is 890. The number of anilines is 1. The lowest BCUT2D eigenvalue weighted by atomic mass is 9.96. The van der Waals surface area contributed by atoms with E-state index in [9.17, 15) is 4.79 Å². The lowest BCUT2D eigenvalue weighted by Crippen LogP contribution is -2.42. The maximum Gasteiger partial charge on any atom is 0.222 e. The highest BCUT2D eigenvalue weighted by Crippen LogP contribution is 2.40. The van der Waals surface area contributed by atoms with Crippen LogP contribution in [0.1, 0.15) is 32.8 Å². The summed E-state index contributed by atoms with van der Waals surface area (Å²) in [5.74, 6) is 1.80. The molecule has 6 heteroatoms. The Balaban J connectivity index is 1.81. The summed E-state index contributed by atoms with van der Waals surface area (Å²) in [6.45, 7) is 10.1. The van der Waals surface area contributed by atoms with Gasteiger partial charge in [-0.3, -0.25) is 4.79 Å². The van der Waals surface area contributed by atoms with Crippen LogP contribution < -0.4 is 20.5 Å². The quantitative estimate of drug-likeness (QED) is 0.761. The van der Waals surface area contributed by atoms with Crippen LogP contribution in [0, 0.1) is 0 Å². The molecule has 3 rings (SSSR count). The molecule has 0 unspecified atom stereocenters. The minimum Gasteiger partial charge on any atom is -0.492 e. The molecule has 1 atom stereocenters. The van der Waals surface area contributed by atoms with E-state index in [1.54, 1.807) is 6.20 Å². The normalized spacial score (nSPS) is 14.2. The molecular formula is C21H25N3O3. The minimum absolute atomic E-state index is 0.155. The van der Waals surface area contributed by atoms with E-state index in [4.69, 9.17) is 15.2 Å². The number of nitrogens with zero attached hydrogens (tertiary/aromatic N) is 1. The Morgan fingerprint density at radius 1 is 1.37 bits per heavy atom. The first kappa shape index (κ1) is 18.9. The smallest absolute Gasteiger partial charge is 0.222 e. The third-order valence-corrected chi connectivity index (χ3v) is 4.19. The number of hydrogen-bond donors (Lipinski definition) is 2. The van der Waals surface area contributed by atoms with Crippen molar-refractivity contribution in [3.05, 3.63) is 48.2 Å². The van der Waals surface area contributed by atoms with Gasteiger partial charge in [0.2, 0.25) is 5.91 Å². The molecule has 1 aromatic carbocycles. The van der Waals surface area contributed by atoms with Crippen molar-refractivity contribution >= 4 is 11.7 Å². The maximum atomic E-state index is 11.3. The molecule has 1 aliphatic heterocycles. The molecule has 27 heavy (non-hydrogen) atoms. The number of carbonyl (C=O) groups excluding carboxylic acids is 1. The molecule has 142 valence electrons. The summed E-state index contributed by atoms with van der Waals surface area (Å²) in [6.07, 6.45) is 2.42. The van der Waals surface area contributed by atoms with Crippen molar-refractivity contribution in [1.82, 2.24) is 4.98 Å². The average molecular weight is 367 g/mol. The molecule has 2 aromatic rings. The van der Waals surface area contributed by atoms with Crippen molar-refractivity contribution in [1.29, 1.82) is 0 Å². The Kier molecular flexibility index (Phi) is 5.19. The van der Waals surface area contributed by atoms with Crippen LogP contribution >= 0.6 is 0 Å². The van der Waals surface area contributed by atoms with Gasteiger partial charge in [-0.2, -0.15) is 0 Å². The number of benzene rings is 1. The number of fused-ring (bicyclic) bond motifs is 3. The zero-order valence-electron chi connectivity index (χ0n) is 16.0. The SMILES string of the molecule is C=C(C)C[C@](C)(N)COc1ccc2c(c1)OCc1cnc(NC(C)=O)cc1-2. The van der Waals surface area contributed by atoms with Crippen LogP contribution in [-0.2, 0) is 11.4 Å². The highest BCUT2D eigenvalue weighted by molar-refractivity contribution is 5.89. The van der Waals surface area contributed by atoms with Crippen molar-refractivity contribution in [3.8, 4) is 22.6 Å². The van der Waals surface area contributed by atoms with Gasteiger partial charge in [-0.05, 0) is 44.0 Å². The van der Waals surface area contributed by atoms with Gasteiger partial charge in [-0.25, -0.2) is 4.98 Å². The molecule has 0 saturated carbocycles. The Morgan fingerprint density at radius 2 is 2.15 bits per heavy atom. The number of rotatable bonds is 6. The van der Waals surface area contributed by atoms with E-state index >= 15 is 0 Å². The Hall–Kier alpha value is -2.86. The molecule has 0 aliphatic carbocycles. The van der Waals surface area contributed by atoms with Gasteiger partial charge in [0, 0.05) is 30.3 Å². The lowest BCUT2D eigenvalue weighted by molar-refractivity contribution is -0.114. The minimum atomic E-state index is -0.478. The van der Waals surface area contributed by atoms with Crippen LogP contribution in [0.2, 0.25) is 0 Å². The summed E-state index contributed by atoms with van der Waals surface area (Å²) in [5, 5.41) is 2.71. The number of amides is 1. The summed E-state index contributed by atoms with van der Waals surface area (Å²) in [5.41, 5.74) is 9.72. The number of nitrogens with one attached hydrogen (secondary N) is 1. The van der Waals surface area contributed by atoms with Gasteiger partial charge in [0.15, 0.2) is 0 Å². The van der Waals surface area contributed by atoms with E-state index in [-0.39, 0.29) is 5.91 Å². The van der Waals surface area contributed by atoms with Crippen LogP contribution in [0.3, 0.4) is 0 Å². The van der Waals surface area contributed by atoms with Crippen LogP contribution in [-0.4, -0.2) is 23.0 Å². The zero-order valence-corrected chi connectivity index (χ0v) is 16.0. The van der Waals surface area contributed by atoms with Crippen molar-refractivity contribution in [2.75, 3.05) is 11.9 Å². The molecule has 0 fully saturated rings. The van der Waals surface area contributed by atoms with Gasteiger partial charge in [-0.1, -0.05) is 5.57 Å². The second kappa shape index (κ2) is 7.40. The predicted molar refractivity (Wildman–Crippen MR) is 106 cm³/mol. The molecule has 6 nitrogen and oxygen atoms in total. The molecular weight excluding hydrogens is 342 g/mol. The van der Waals surface area contributed by atoms with E-state index in [0.29, 0.717) is 31.2 Å². The van der Waals surface area contributed by atoms with E-state index in [1.165, 1.54) is 6.92 Å². The number of aromatic nitrogens is 1. The van der Waals surface area contributed by atoms with Gasteiger partial charge in [-0.15, -0.1) is 6.58 Å². The fraction of sp³-hybridized carbons (Fsp3) is 0.333. The summed E-state index contributed by atoms with van der Waals surface area (Å²) in [4.78, 5) is 15.5. The largest absolute Gasteiger partial charge is 0.492 e. The molecule has 1 amide bonds. The first-order valence-electron chi connectivity index (χ1n) is 8.83. The third kappa shape index (κ3) is 4.65. The monoisotopic (exact) mass is 367 g/mol. The molecule has 0 saturated heterocycles. The second-order valence-corrected chi connectivity index (χ2v) is 7.43. The summed E-state index contributed by atoms with van der Waals surface area (Å²) in [6, 6.07) is 7.58. The standard InChI is InChI=1S/C21H25N3O3/c1-13(2)9-21(4,22)12-27-16-5-6-17-18-8-20(24-14(3)25)23-10-15(18)11-26-19(17)7-16/h5-8,10H,1,9,11-12,22H2,2-4H3,(H,23,24,25)/t21-/m0/s1. The van der Waals surface area contributed by atoms with Crippen molar-refractivity contribution < 1.29 is 14.3 Å². The van der Waals surface area contributed by atoms with Gasteiger partial charge >= 0.3 is 0 Å². The molecule has 1 aromatic heterocycles. The van der Waals surface area contributed by atoms with Crippen molar-refractivity contribution in [3.63, 3.8) is 0 Å². The predicted octanol–water partition coefficient (Wildman–Crippen LogP) is 3.66. The lowest BCUT2D eigenvalue weighted by Gasteiger charge is -2.26. The van der Waals surface area contributed by atoms with Crippen molar-refractivity contribution in [2.24, 2.45) is 5.73 Å². The zero-order chi connectivity index (χ0) is 19.6. The van der Waals surface area contributed by atoms with Crippen LogP contribution in [0.15, 0.2) is 42.6 Å². The Morgan fingerprint density at radius 3 is 2.85 bits per heavy atom. The second-order valence-electron chi connectivity index (χ2n) is 7.43. The van der Waals surface area contributed by atoms with E-state index in [0.717, 1.165) is 28.0 Å². The highest BCUT2D eigenvalue weighted by Gasteiger charge is 2.22. The molecule has 3 N–H and O–H groups in total. The fourth-order valence-corrected chi connectivity index (χ4v) is 3.18. The number of pyridine rings is 1. The number of ether oxygens (including phenoxy) is 2. The molecule has 0 bridgehead atoms. The number of nitrogens with two attached hydrogens (primary N) is 1. The molecule has 2 heterocycles. The van der Waals surface area contributed by atoms with Gasteiger partial charge in [0.1, 0.15) is 30.5 Å². The van der Waals surface area contributed by atoms with E-state index in [2.05, 4.69) is 16.9 Å². The summed E-state index contributed by atoms with van der Waals surface area (Å²) < 4.78 is 11.7. The van der Waals surface area contributed by atoms with Gasteiger partial charge in [0.25, 0.3) is 0 Å².